The van der Waals surface area contributed by atoms with Crippen LogP contribution in [0.25, 0.3) is 0 Å². The minimum atomic E-state index is -4.23. The molecule has 1 rings (SSSR count). The first-order chi connectivity index (χ1) is 11.2. The summed E-state index contributed by atoms with van der Waals surface area (Å²) in [5.74, 6) is 0. The van der Waals surface area contributed by atoms with E-state index in [1.807, 2.05) is 4.98 Å². The van der Waals surface area contributed by atoms with Crippen LogP contribution in [0, 0.1) is 0 Å². The Bertz CT molecular complexity index is 673. The van der Waals surface area contributed by atoms with Gasteiger partial charge in [0.05, 0.1) is 19.3 Å². The molecule has 3 N–H and O–H groups in total. The molecule has 0 amide bonds. The zero-order valence-corrected chi connectivity index (χ0v) is 14.3. The number of nitrogens with one attached hydrogen (secondary N) is 1. The van der Waals surface area contributed by atoms with Crippen molar-refractivity contribution in [1.29, 1.82) is 0 Å². The number of rotatable bonds is 10. The summed E-state index contributed by atoms with van der Waals surface area (Å²) in [6, 6.07) is 1.09. The van der Waals surface area contributed by atoms with E-state index in [-0.39, 0.29) is 0 Å². The van der Waals surface area contributed by atoms with E-state index in [1.54, 1.807) is 6.92 Å². The molecule has 0 saturated carbocycles. The number of phosphoric acid groups is 1. The van der Waals surface area contributed by atoms with Crippen LogP contribution in [-0.4, -0.2) is 59.2 Å². The van der Waals surface area contributed by atoms with E-state index in [0.717, 1.165) is 23.9 Å². The second-order valence-corrected chi connectivity index (χ2v) is 6.28. The number of aliphatic hydroxyl groups is 1. The van der Waals surface area contributed by atoms with Crippen molar-refractivity contribution >= 4 is 7.82 Å². The topological polar surface area (TPSA) is 149 Å². The predicted molar refractivity (Wildman–Crippen MR) is 81.6 cm³/mol. The maximum Gasteiger partial charge on any atom is 0.472 e. The summed E-state index contributed by atoms with van der Waals surface area (Å²) in [6.07, 6.45) is -1.53. The molecular weight excluding hydrogens is 347 g/mol. The highest BCUT2D eigenvalue weighted by atomic mass is 31.2. The third kappa shape index (κ3) is 5.95. The largest absolute Gasteiger partial charge is 0.472 e. The summed E-state index contributed by atoms with van der Waals surface area (Å²) in [5.41, 5.74) is -1.38. The van der Waals surface area contributed by atoms with Gasteiger partial charge in [-0.3, -0.25) is 23.4 Å². The Labute approximate surface area is 137 Å². The smallest absolute Gasteiger partial charge is 0.392 e. The average molecular weight is 368 g/mol. The van der Waals surface area contributed by atoms with Crippen LogP contribution < -0.4 is 11.2 Å². The highest BCUT2D eigenvalue weighted by Crippen LogP contribution is 2.42. The van der Waals surface area contributed by atoms with Crippen molar-refractivity contribution in [3.63, 3.8) is 0 Å². The van der Waals surface area contributed by atoms with Gasteiger partial charge in [-0.2, -0.15) is 0 Å². The molecule has 0 aliphatic heterocycles. The van der Waals surface area contributed by atoms with Gasteiger partial charge in [0.15, 0.2) is 6.23 Å². The molecule has 0 aliphatic rings. The lowest BCUT2D eigenvalue weighted by molar-refractivity contribution is -0.140. The van der Waals surface area contributed by atoms with Gasteiger partial charge in [0.25, 0.3) is 5.56 Å². The molecule has 1 aromatic heterocycles. The molecule has 0 saturated heterocycles. The van der Waals surface area contributed by atoms with Gasteiger partial charge < -0.3 is 19.5 Å². The molecule has 1 aromatic rings. The van der Waals surface area contributed by atoms with E-state index >= 15 is 0 Å². The Kier molecular flexibility index (Phi) is 7.97. The number of hydrogen-bond donors (Lipinski definition) is 3. The lowest BCUT2D eigenvalue weighted by Gasteiger charge is -2.28. The quantitative estimate of drug-likeness (QED) is 0.452. The molecule has 24 heavy (non-hydrogen) atoms. The fraction of sp³-hybridized carbons (Fsp3) is 0.667. The number of hydrogen-bond acceptors (Lipinski definition) is 8. The number of aromatic amines is 1. The number of H-pyrrole nitrogens is 1. The Morgan fingerprint density at radius 1 is 1.38 bits per heavy atom. The van der Waals surface area contributed by atoms with Gasteiger partial charge in [-0.25, -0.2) is 9.36 Å². The summed E-state index contributed by atoms with van der Waals surface area (Å²) in [4.78, 5) is 34.2. The Morgan fingerprint density at radius 2 is 2.04 bits per heavy atom. The summed E-state index contributed by atoms with van der Waals surface area (Å²) < 4.78 is 32.0. The zero-order valence-electron chi connectivity index (χ0n) is 13.4. The summed E-state index contributed by atoms with van der Waals surface area (Å²) in [6.45, 7) is 0.610. The maximum atomic E-state index is 11.8. The standard InChI is InChI=1S/C12H21N2O9P/c1-8(20-2)9(7-22-24(18,19)21-3)23-11(6-15)14-5-4-10(16)13-12(14)17/h4-5,8-9,11,15H,6-7H2,1-3H3,(H,18,19)(H,13,16,17)/t8-,9-,11+/m0/s1. The summed E-state index contributed by atoms with van der Waals surface area (Å²) in [5, 5.41) is 9.46. The van der Waals surface area contributed by atoms with Gasteiger partial charge in [-0.15, -0.1) is 0 Å². The van der Waals surface area contributed by atoms with Crippen LogP contribution >= 0.6 is 7.82 Å². The summed E-state index contributed by atoms with van der Waals surface area (Å²) >= 11 is 0. The van der Waals surface area contributed by atoms with E-state index in [2.05, 4.69) is 4.52 Å². The highest BCUT2D eigenvalue weighted by Gasteiger charge is 2.28. The molecule has 0 spiro atoms. The second-order valence-electron chi connectivity index (χ2n) is 4.72. The molecule has 0 bridgehead atoms. The fourth-order valence-electron chi connectivity index (χ4n) is 1.71. The van der Waals surface area contributed by atoms with Crippen LogP contribution in [0.1, 0.15) is 13.2 Å². The van der Waals surface area contributed by atoms with Crippen LogP contribution in [0.4, 0.5) is 0 Å². The van der Waals surface area contributed by atoms with Gasteiger partial charge in [-0.1, -0.05) is 0 Å². The minimum absolute atomic E-state index is 0.398. The van der Waals surface area contributed by atoms with E-state index in [0.29, 0.717) is 0 Å². The van der Waals surface area contributed by atoms with E-state index in [1.165, 1.54) is 7.11 Å². The van der Waals surface area contributed by atoms with Crippen molar-refractivity contribution in [1.82, 2.24) is 9.55 Å². The highest BCUT2D eigenvalue weighted by molar-refractivity contribution is 7.47. The van der Waals surface area contributed by atoms with Crippen LogP contribution in [0.3, 0.4) is 0 Å². The average Bonchev–Trinajstić information content (AvgIpc) is 2.55. The predicted octanol–water partition coefficient (Wildman–Crippen LogP) is -0.789. The van der Waals surface area contributed by atoms with Gasteiger partial charge in [0.1, 0.15) is 6.10 Å². The van der Waals surface area contributed by atoms with Crippen molar-refractivity contribution in [3.8, 4) is 0 Å². The third-order valence-electron chi connectivity index (χ3n) is 3.18. The van der Waals surface area contributed by atoms with Crippen molar-refractivity contribution < 1.29 is 33.1 Å². The van der Waals surface area contributed by atoms with Crippen LogP contribution in [-0.2, 0) is 23.1 Å². The lowest BCUT2D eigenvalue weighted by atomic mass is 10.2. The number of aromatic nitrogens is 2. The van der Waals surface area contributed by atoms with Crippen LogP contribution in [0.15, 0.2) is 21.9 Å². The molecule has 4 atom stereocenters. The zero-order chi connectivity index (χ0) is 18.3. The molecule has 0 aromatic carbocycles. The number of phosphoric ester groups is 1. The van der Waals surface area contributed by atoms with E-state index in [4.69, 9.17) is 14.0 Å². The lowest BCUT2D eigenvalue weighted by Crippen LogP contribution is -2.40. The fourth-order valence-corrected chi connectivity index (χ4v) is 2.15. The number of aliphatic hydroxyl groups excluding tert-OH is 1. The third-order valence-corrected chi connectivity index (χ3v) is 4.11. The molecule has 11 nitrogen and oxygen atoms in total. The summed E-state index contributed by atoms with van der Waals surface area (Å²) in [7, 11) is -1.84. The minimum Gasteiger partial charge on any atom is -0.392 e. The van der Waals surface area contributed by atoms with Gasteiger partial charge in [0.2, 0.25) is 0 Å². The molecule has 0 aliphatic carbocycles. The molecule has 138 valence electrons. The normalized spacial score (nSPS) is 17.9. The number of nitrogens with zero attached hydrogens (tertiary/aromatic N) is 1. The van der Waals surface area contributed by atoms with E-state index < -0.39 is 50.7 Å². The van der Waals surface area contributed by atoms with Crippen molar-refractivity contribution in [3.05, 3.63) is 33.1 Å². The van der Waals surface area contributed by atoms with Gasteiger partial charge in [0, 0.05) is 26.5 Å². The molecule has 12 heteroatoms. The molecule has 1 unspecified atom stereocenters. The molecule has 0 fully saturated rings. The number of methoxy groups -OCH3 is 1. The van der Waals surface area contributed by atoms with Crippen molar-refractivity contribution in [2.45, 2.75) is 25.4 Å². The molecule has 1 heterocycles. The van der Waals surface area contributed by atoms with E-state index in [9.17, 15) is 24.2 Å². The first kappa shape index (κ1) is 20.7. The monoisotopic (exact) mass is 368 g/mol. The van der Waals surface area contributed by atoms with Crippen LogP contribution in [0.5, 0.6) is 0 Å². The first-order valence-corrected chi connectivity index (χ1v) is 8.37. The molecule has 0 radical (unpaired) electrons. The van der Waals surface area contributed by atoms with Gasteiger partial charge >= 0.3 is 13.5 Å². The number of ether oxygens (including phenoxy) is 2. The maximum absolute atomic E-state index is 11.8. The van der Waals surface area contributed by atoms with Crippen molar-refractivity contribution in [2.24, 2.45) is 0 Å². The first-order valence-electron chi connectivity index (χ1n) is 6.87. The Morgan fingerprint density at radius 3 is 2.54 bits per heavy atom. The SMILES string of the molecule is CO[C@@H](C)[C@H](COP(=O)(O)OC)O[C@H](CO)n1ccc(=O)[nH]c1=O. The second kappa shape index (κ2) is 9.23. The van der Waals surface area contributed by atoms with Crippen LogP contribution in [0.2, 0.25) is 0 Å². The van der Waals surface area contributed by atoms with Crippen molar-refractivity contribution in [2.75, 3.05) is 27.4 Å². The Balaban J connectivity index is 2.95. The Hall–Kier alpha value is -1.33. The van der Waals surface area contributed by atoms with Gasteiger partial charge in [-0.05, 0) is 6.92 Å². The molecular formula is C12H21N2O9P.